The Morgan fingerprint density at radius 2 is 1.94 bits per heavy atom. The van der Waals surface area contributed by atoms with Crippen LogP contribution in [-0.4, -0.2) is 18.4 Å². The first-order chi connectivity index (χ1) is 7.99. The third-order valence-corrected chi connectivity index (χ3v) is 3.54. The monoisotopic (exact) mass is 275 g/mol. The topological polar surface area (TPSA) is 20.3 Å². The lowest BCUT2D eigenvalue weighted by Crippen LogP contribution is -2.41. The predicted molar refractivity (Wildman–Crippen MR) is 67.5 cm³/mol. The Kier molecular flexibility index (Phi) is 3.59. The van der Waals surface area contributed by atoms with Gasteiger partial charge in [0.05, 0.1) is 10.0 Å². The third-order valence-electron chi connectivity index (χ3n) is 2.99. The second kappa shape index (κ2) is 4.83. The van der Waals surface area contributed by atoms with Gasteiger partial charge in [0.2, 0.25) is 0 Å². The summed E-state index contributed by atoms with van der Waals surface area (Å²) in [4.78, 5) is 13.3. The molecular weight excluding hydrogens is 264 g/mol. The van der Waals surface area contributed by atoms with Gasteiger partial charge in [-0.15, -0.1) is 0 Å². The van der Waals surface area contributed by atoms with E-state index in [1.807, 2.05) is 11.8 Å². The van der Waals surface area contributed by atoms with Gasteiger partial charge in [0, 0.05) is 31.1 Å². The van der Waals surface area contributed by atoms with Gasteiger partial charge in [-0.1, -0.05) is 23.2 Å². The number of hydrogen-bond donors (Lipinski definition) is 0. The molecule has 1 aliphatic heterocycles. The smallest absolute Gasteiger partial charge is 0.160 e. The van der Waals surface area contributed by atoms with Gasteiger partial charge >= 0.3 is 0 Å². The highest BCUT2D eigenvalue weighted by Gasteiger charge is 2.24. The molecule has 0 bridgehead atoms. The molecule has 1 saturated heterocycles. The molecule has 1 heterocycles. The van der Waals surface area contributed by atoms with Crippen molar-refractivity contribution in [1.29, 1.82) is 0 Å². The minimum absolute atomic E-state index is 0.0107. The Hall–Kier alpha value is -0.800. The summed E-state index contributed by atoms with van der Waals surface area (Å²) in [6.07, 6.45) is 1.02. The van der Waals surface area contributed by atoms with Crippen molar-refractivity contribution < 1.29 is 9.18 Å². The summed E-state index contributed by atoms with van der Waals surface area (Å²) in [5.74, 6) is -0.342. The quantitative estimate of drug-likeness (QED) is 0.729. The minimum Gasteiger partial charge on any atom is -0.368 e. The van der Waals surface area contributed by atoms with E-state index >= 15 is 0 Å². The molecule has 1 fully saturated rings. The lowest BCUT2D eigenvalue weighted by molar-refractivity contribution is -0.120. The van der Waals surface area contributed by atoms with Crippen LogP contribution in [-0.2, 0) is 4.79 Å². The van der Waals surface area contributed by atoms with Crippen LogP contribution in [0, 0.1) is 5.82 Å². The average molecular weight is 276 g/mol. The molecular formula is C12H12Cl2FNO. The van der Waals surface area contributed by atoms with Gasteiger partial charge in [0.1, 0.15) is 5.78 Å². The first-order valence-electron chi connectivity index (χ1n) is 5.42. The minimum atomic E-state index is -0.599. The van der Waals surface area contributed by atoms with E-state index in [1.54, 1.807) is 12.1 Å². The van der Waals surface area contributed by atoms with E-state index < -0.39 is 5.82 Å². The molecule has 5 heteroatoms. The first kappa shape index (κ1) is 12.7. The maximum absolute atomic E-state index is 13.3. The summed E-state index contributed by atoms with van der Waals surface area (Å²) in [6, 6.07) is 3.19. The Morgan fingerprint density at radius 3 is 2.47 bits per heavy atom. The molecule has 2 nitrogen and oxygen atoms in total. The molecule has 1 unspecified atom stereocenters. The van der Waals surface area contributed by atoms with Crippen molar-refractivity contribution in [2.24, 2.45) is 0 Å². The van der Waals surface area contributed by atoms with Crippen molar-refractivity contribution in [2.75, 3.05) is 11.4 Å². The van der Waals surface area contributed by atoms with Crippen molar-refractivity contribution in [3.63, 3.8) is 0 Å². The molecule has 0 spiro atoms. The normalized spacial score (nSPS) is 20.8. The second-order valence-electron chi connectivity index (χ2n) is 4.26. The van der Waals surface area contributed by atoms with Crippen molar-refractivity contribution >= 4 is 34.7 Å². The van der Waals surface area contributed by atoms with E-state index in [9.17, 15) is 9.18 Å². The van der Waals surface area contributed by atoms with E-state index in [1.165, 1.54) is 0 Å². The maximum Gasteiger partial charge on any atom is 0.160 e. The lowest BCUT2D eigenvalue weighted by atomic mass is 10.0. The molecule has 0 amide bonds. The Bertz CT molecular complexity index is 441. The van der Waals surface area contributed by atoms with Gasteiger partial charge in [-0.05, 0) is 19.1 Å². The van der Waals surface area contributed by atoms with Crippen LogP contribution in [0.5, 0.6) is 0 Å². The number of halogens is 3. The lowest BCUT2D eigenvalue weighted by Gasteiger charge is -2.34. The van der Waals surface area contributed by atoms with E-state index in [-0.39, 0.29) is 21.9 Å². The zero-order valence-electron chi connectivity index (χ0n) is 9.34. The highest BCUT2D eigenvalue weighted by Crippen LogP contribution is 2.32. The van der Waals surface area contributed by atoms with Gasteiger partial charge < -0.3 is 4.90 Å². The molecule has 17 heavy (non-hydrogen) atoms. The van der Waals surface area contributed by atoms with Crippen LogP contribution >= 0.6 is 23.2 Å². The molecule has 0 saturated carbocycles. The highest BCUT2D eigenvalue weighted by atomic mass is 35.5. The zero-order valence-corrected chi connectivity index (χ0v) is 10.9. The fourth-order valence-electron chi connectivity index (χ4n) is 2.10. The molecule has 0 aliphatic carbocycles. The summed E-state index contributed by atoms with van der Waals surface area (Å²) in [6.45, 7) is 2.58. The number of rotatable bonds is 1. The zero-order chi connectivity index (χ0) is 12.6. The second-order valence-corrected chi connectivity index (χ2v) is 5.07. The van der Waals surface area contributed by atoms with Gasteiger partial charge in [-0.25, -0.2) is 4.39 Å². The van der Waals surface area contributed by atoms with Crippen molar-refractivity contribution in [1.82, 2.24) is 0 Å². The van der Waals surface area contributed by atoms with Crippen LogP contribution in [0.1, 0.15) is 19.8 Å². The molecule has 0 aromatic heterocycles. The van der Waals surface area contributed by atoms with Gasteiger partial charge in [-0.3, -0.25) is 4.79 Å². The molecule has 92 valence electrons. The summed E-state index contributed by atoms with van der Waals surface area (Å²) >= 11 is 11.5. The molecule has 0 N–H and O–H groups in total. The Labute approximate surface area is 109 Å². The largest absolute Gasteiger partial charge is 0.368 e. The number of carbonyl (C=O) groups excluding carboxylic acids is 1. The molecule has 1 aliphatic rings. The average Bonchev–Trinajstić information content (AvgIpc) is 2.25. The van der Waals surface area contributed by atoms with Crippen LogP contribution in [0.15, 0.2) is 12.1 Å². The number of ketones is 1. The van der Waals surface area contributed by atoms with Crippen molar-refractivity contribution in [3.8, 4) is 0 Å². The standard InChI is InChI=1S/C12H12Cl2FNO/c1-7-4-9(17)2-3-16(7)8-5-10(13)12(15)11(14)6-8/h5-7H,2-4H2,1H3. The van der Waals surface area contributed by atoms with Gasteiger partial charge in [0.25, 0.3) is 0 Å². The van der Waals surface area contributed by atoms with Crippen LogP contribution in [0.2, 0.25) is 10.0 Å². The number of benzene rings is 1. The number of carbonyl (C=O) groups is 1. The van der Waals surface area contributed by atoms with Crippen molar-refractivity contribution in [3.05, 3.63) is 28.0 Å². The third kappa shape index (κ3) is 2.55. The van der Waals surface area contributed by atoms with E-state index in [4.69, 9.17) is 23.2 Å². The summed E-state index contributed by atoms with van der Waals surface area (Å²) in [7, 11) is 0. The van der Waals surface area contributed by atoms with E-state index in [0.717, 1.165) is 5.69 Å². The molecule has 0 radical (unpaired) electrons. The van der Waals surface area contributed by atoms with E-state index in [0.29, 0.717) is 19.4 Å². The summed E-state index contributed by atoms with van der Waals surface area (Å²) < 4.78 is 13.3. The van der Waals surface area contributed by atoms with Crippen LogP contribution in [0.4, 0.5) is 10.1 Å². The number of Topliss-reactive ketones (excluding diaryl/α,β-unsaturated/α-hetero) is 1. The summed E-state index contributed by atoms with van der Waals surface area (Å²) in [5.41, 5.74) is 0.765. The number of anilines is 1. The molecule has 2 rings (SSSR count). The fourth-order valence-corrected chi connectivity index (χ4v) is 2.57. The van der Waals surface area contributed by atoms with Gasteiger partial charge in [0.15, 0.2) is 5.82 Å². The number of piperidine rings is 1. The van der Waals surface area contributed by atoms with Crippen molar-refractivity contribution in [2.45, 2.75) is 25.8 Å². The number of hydrogen-bond acceptors (Lipinski definition) is 2. The summed E-state index contributed by atoms with van der Waals surface area (Å²) in [5, 5.41) is 0.0215. The molecule has 1 aromatic rings. The Morgan fingerprint density at radius 1 is 1.35 bits per heavy atom. The van der Waals surface area contributed by atoms with E-state index in [2.05, 4.69) is 0 Å². The number of nitrogens with zero attached hydrogens (tertiary/aromatic N) is 1. The SMILES string of the molecule is CC1CC(=O)CCN1c1cc(Cl)c(F)c(Cl)c1. The fraction of sp³-hybridized carbons (Fsp3) is 0.417. The molecule has 1 aromatic carbocycles. The highest BCUT2D eigenvalue weighted by molar-refractivity contribution is 6.35. The first-order valence-corrected chi connectivity index (χ1v) is 6.17. The Balaban J connectivity index is 2.31. The van der Waals surface area contributed by atoms with Gasteiger partial charge in [-0.2, -0.15) is 0 Å². The van der Waals surface area contributed by atoms with Crippen LogP contribution in [0.25, 0.3) is 0 Å². The molecule has 1 atom stereocenters. The maximum atomic E-state index is 13.3. The van der Waals surface area contributed by atoms with Crippen LogP contribution in [0.3, 0.4) is 0 Å². The van der Waals surface area contributed by atoms with Crippen LogP contribution < -0.4 is 4.90 Å². The predicted octanol–water partition coefficient (Wildman–Crippen LogP) is 3.69.